The highest BCUT2D eigenvalue weighted by molar-refractivity contribution is 14.1. The van der Waals surface area contributed by atoms with Gasteiger partial charge < -0.3 is 10.1 Å². The third-order valence-electron chi connectivity index (χ3n) is 2.73. The second-order valence-electron chi connectivity index (χ2n) is 4.50. The second-order valence-corrected chi connectivity index (χ2v) is 5.75. The van der Waals surface area contributed by atoms with Crippen LogP contribution in [0.15, 0.2) is 48.5 Å². The number of anilines is 1. The van der Waals surface area contributed by atoms with E-state index >= 15 is 0 Å². The number of carbonyl (C=O) groups is 2. The predicted octanol–water partition coefficient (Wildman–Crippen LogP) is 3.40. The van der Waals surface area contributed by atoms with Crippen LogP contribution in [-0.4, -0.2) is 18.5 Å². The van der Waals surface area contributed by atoms with Crippen molar-refractivity contribution in [2.24, 2.45) is 0 Å². The Balaban J connectivity index is 1.86. The van der Waals surface area contributed by atoms with Gasteiger partial charge in [0.2, 0.25) is 0 Å². The monoisotopic (exact) mass is 395 g/mol. The number of aryl methyl sites for hydroxylation is 1. The van der Waals surface area contributed by atoms with E-state index in [1.54, 1.807) is 30.3 Å². The second kappa shape index (κ2) is 7.21. The van der Waals surface area contributed by atoms with E-state index in [1.807, 2.05) is 25.1 Å². The molecular formula is C16H14INO3. The highest BCUT2D eigenvalue weighted by atomic mass is 127. The smallest absolute Gasteiger partial charge is 0.338 e. The third kappa shape index (κ3) is 4.86. The van der Waals surface area contributed by atoms with Crippen molar-refractivity contribution in [2.75, 3.05) is 11.9 Å². The molecule has 2 aromatic carbocycles. The summed E-state index contributed by atoms with van der Waals surface area (Å²) in [6.07, 6.45) is 0. The molecule has 1 N–H and O–H groups in total. The van der Waals surface area contributed by atoms with Crippen molar-refractivity contribution in [3.63, 3.8) is 0 Å². The summed E-state index contributed by atoms with van der Waals surface area (Å²) in [4.78, 5) is 23.5. The van der Waals surface area contributed by atoms with Gasteiger partial charge in [-0.3, -0.25) is 4.79 Å². The largest absolute Gasteiger partial charge is 0.452 e. The van der Waals surface area contributed by atoms with E-state index in [2.05, 4.69) is 27.9 Å². The number of hydrogen-bond donors (Lipinski definition) is 1. The van der Waals surface area contributed by atoms with E-state index in [9.17, 15) is 9.59 Å². The number of rotatable bonds is 4. The van der Waals surface area contributed by atoms with Crippen molar-refractivity contribution in [1.82, 2.24) is 0 Å². The molecule has 5 heteroatoms. The molecule has 0 aliphatic carbocycles. The standard InChI is InChI=1S/C16H14INO3/c1-11-5-7-14(8-6-11)18-15(19)10-21-16(20)12-3-2-4-13(17)9-12/h2-9H,10H2,1H3,(H,18,19). The van der Waals surface area contributed by atoms with Gasteiger partial charge in [0.1, 0.15) is 0 Å². The molecule has 0 aromatic heterocycles. The molecule has 0 unspecified atom stereocenters. The van der Waals surface area contributed by atoms with Crippen LogP contribution in [0, 0.1) is 10.5 Å². The highest BCUT2D eigenvalue weighted by Gasteiger charge is 2.10. The maximum atomic E-state index is 11.8. The fourth-order valence-corrected chi connectivity index (χ4v) is 2.21. The maximum absolute atomic E-state index is 11.8. The quantitative estimate of drug-likeness (QED) is 0.638. The summed E-state index contributed by atoms with van der Waals surface area (Å²) in [6.45, 7) is 1.66. The van der Waals surface area contributed by atoms with Crippen LogP contribution in [0.2, 0.25) is 0 Å². The van der Waals surface area contributed by atoms with E-state index in [1.165, 1.54) is 0 Å². The summed E-state index contributed by atoms with van der Waals surface area (Å²) in [5.74, 6) is -0.870. The van der Waals surface area contributed by atoms with E-state index < -0.39 is 5.97 Å². The molecule has 4 nitrogen and oxygen atoms in total. The Morgan fingerprint density at radius 3 is 2.52 bits per heavy atom. The number of esters is 1. The van der Waals surface area contributed by atoms with Crippen LogP contribution in [0.25, 0.3) is 0 Å². The summed E-state index contributed by atoms with van der Waals surface area (Å²) in [7, 11) is 0. The summed E-state index contributed by atoms with van der Waals surface area (Å²) in [6, 6.07) is 14.4. The zero-order valence-corrected chi connectivity index (χ0v) is 13.6. The number of carbonyl (C=O) groups excluding carboxylic acids is 2. The van der Waals surface area contributed by atoms with E-state index in [0.29, 0.717) is 11.3 Å². The summed E-state index contributed by atoms with van der Waals surface area (Å²) >= 11 is 2.11. The molecule has 1 amide bonds. The molecule has 0 saturated heterocycles. The topological polar surface area (TPSA) is 55.4 Å². The lowest BCUT2D eigenvalue weighted by Gasteiger charge is -2.07. The zero-order chi connectivity index (χ0) is 15.2. The summed E-state index contributed by atoms with van der Waals surface area (Å²) in [5, 5.41) is 2.67. The lowest BCUT2D eigenvalue weighted by molar-refractivity contribution is -0.119. The number of halogens is 1. The molecule has 0 bridgehead atoms. The molecule has 2 rings (SSSR count). The first-order chi connectivity index (χ1) is 10.0. The summed E-state index contributed by atoms with van der Waals surface area (Å²) in [5.41, 5.74) is 2.22. The number of benzene rings is 2. The molecule has 0 aliphatic rings. The fourth-order valence-electron chi connectivity index (χ4n) is 1.66. The molecule has 2 aromatic rings. The zero-order valence-electron chi connectivity index (χ0n) is 11.4. The Morgan fingerprint density at radius 1 is 1.14 bits per heavy atom. The Hall–Kier alpha value is -1.89. The molecule has 0 fully saturated rings. The number of hydrogen-bond acceptors (Lipinski definition) is 3. The minimum Gasteiger partial charge on any atom is -0.452 e. The van der Waals surface area contributed by atoms with Crippen molar-refractivity contribution in [3.05, 3.63) is 63.2 Å². The molecule has 0 spiro atoms. The first-order valence-corrected chi connectivity index (χ1v) is 7.42. The molecular weight excluding hydrogens is 381 g/mol. The van der Waals surface area contributed by atoms with Gasteiger partial charge in [-0.2, -0.15) is 0 Å². The van der Waals surface area contributed by atoms with Gasteiger partial charge in [0, 0.05) is 9.26 Å². The Bertz CT molecular complexity index is 653. The van der Waals surface area contributed by atoms with Crippen LogP contribution < -0.4 is 5.32 Å². The third-order valence-corrected chi connectivity index (χ3v) is 3.40. The molecule has 0 heterocycles. The fraction of sp³-hybridized carbons (Fsp3) is 0.125. The van der Waals surface area contributed by atoms with Crippen LogP contribution in [-0.2, 0) is 9.53 Å². The van der Waals surface area contributed by atoms with Crippen molar-refractivity contribution in [1.29, 1.82) is 0 Å². The van der Waals surface area contributed by atoms with E-state index in [-0.39, 0.29) is 12.5 Å². The maximum Gasteiger partial charge on any atom is 0.338 e. The van der Waals surface area contributed by atoms with Crippen molar-refractivity contribution < 1.29 is 14.3 Å². The molecule has 0 saturated carbocycles. The van der Waals surface area contributed by atoms with Crippen molar-refractivity contribution in [3.8, 4) is 0 Å². The van der Waals surface area contributed by atoms with Gasteiger partial charge in [-0.25, -0.2) is 4.79 Å². The molecule has 0 aliphatic heterocycles. The molecule has 0 atom stereocenters. The van der Waals surface area contributed by atoms with Gasteiger partial charge in [0.15, 0.2) is 6.61 Å². The summed E-state index contributed by atoms with van der Waals surface area (Å²) < 4.78 is 5.92. The van der Waals surface area contributed by atoms with Crippen molar-refractivity contribution >= 4 is 40.2 Å². The van der Waals surface area contributed by atoms with Gasteiger partial charge in [0.25, 0.3) is 5.91 Å². The van der Waals surface area contributed by atoms with Gasteiger partial charge >= 0.3 is 5.97 Å². The van der Waals surface area contributed by atoms with Gasteiger partial charge in [0.05, 0.1) is 5.56 Å². The van der Waals surface area contributed by atoms with E-state index in [4.69, 9.17) is 4.74 Å². The Morgan fingerprint density at radius 2 is 1.86 bits per heavy atom. The molecule has 21 heavy (non-hydrogen) atoms. The van der Waals surface area contributed by atoms with Crippen molar-refractivity contribution in [2.45, 2.75) is 6.92 Å². The minimum absolute atomic E-state index is 0.307. The average molecular weight is 395 g/mol. The Labute approximate surface area is 136 Å². The SMILES string of the molecule is Cc1ccc(NC(=O)COC(=O)c2cccc(I)c2)cc1. The first-order valence-electron chi connectivity index (χ1n) is 6.34. The number of amides is 1. The predicted molar refractivity (Wildman–Crippen MR) is 89.3 cm³/mol. The lowest BCUT2D eigenvalue weighted by atomic mass is 10.2. The molecule has 0 radical (unpaired) electrons. The van der Waals surface area contributed by atoms with Crippen LogP contribution >= 0.6 is 22.6 Å². The van der Waals surface area contributed by atoms with Gasteiger partial charge in [-0.15, -0.1) is 0 Å². The molecule has 108 valence electrons. The first kappa shape index (κ1) is 15.5. The van der Waals surface area contributed by atoms with Crippen LogP contribution in [0.3, 0.4) is 0 Å². The van der Waals surface area contributed by atoms with Crippen LogP contribution in [0.4, 0.5) is 5.69 Å². The van der Waals surface area contributed by atoms with Crippen LogP contribution in [0.5, 0.6) is 0 Å². The minimum atomic E-state index is -0.507. The van der Waals surface area contributed by atoms with E-state index in [0.717, 1.165) is 9.13 Å². The average Bonchev–Trinajstić information content (AvgIpc) is 2.47. The normalized spacial score (nSPS) is 10.0. The highest BCUT2D eigenvalue weighted by Crippen LogP contribution is 2.10. The van der Waals surface area contributed by atoms with Crippen LogP contribution in [0.1, 0.15) is 15.9 Å². The van der Waals surface area contributed by atoms with Gasteiger partial charge in [-0.1, -0.05) is 23.8 Å². The van der Waals surface area contributed by atoms with Gasteiger partial charge in [-0.05, 0) is 59.8 Å². The number of nitrogens with one attached hydrogen (secondary N) is 1. The Kier molecular flexibility index (Phi) is 5.32. The number of ether oxygens (including phenoxy) is 1. The lowest BCUT2D eigenvalue weighted by Crippen LogP contribution is -2.20.